The monoisotopic (exact) mass is 384 g/mol. The van der Waals surface area contributed by atoms with E-state index in [2.05, 4.69) is 20.6 Å². The first-order valence-corrected chi connectivity index (χ1v) is 8.36. The minimum Gasteiger partial charge on any atom is -0.497 e. The normalized spacial score (nSPS) is 10.2. The number of anilines is 4. The van der Waals surface area contributed by atoms with Gasteiger partial charge >= 0.3 is 0 Å². The molecule has 8 heteroatoms. The molecule has 2 aromatic carbocycles. The number of carbonyl (C=O) groups excluding carboxylic acids is 1. The van der Waals surface area contributed by atoms with Crippen molar-refractivity contribution in [2.45, 2.75) is 0 Å². The molecule has 1 aromatic heterocycles. The van der Waals surface area contributed by atoms with Crippen molar-refractivity contribution in [1.29, 1.82) is 0 Å². The summed E-state index contributed by atoms with van der Waals surface area (Å²) in [7, 11) is 3.17. The van der Waals surface area contributed by atoms with Gasteiger partial charge in [-0.05, 0) is 48.0 Å². The number of rotatable bonds is 7. The lowest BCUT2D eigenvalue weighted by Gasteiger charge is -2.13. The van der Waals surface area contributed by atoms with E-state index in [0.29, 0.717) is 11.4 Å². The zero-order chi connectivity index (χ0) is 19.2. The van der Waals surface area contributed by atoms with Crippen molar-refractivity contribution >= 4 is 40.0 Å². The first-order chi connectivity index (χ1) is 13.1. The third kappa shape index (κ3) is 4.45. The molecule has 0 fully saturated rings. The van der Waals surface area contributed by atoms with Gasteiger partial charge < -0.3 is 20.1 Å². The van der Waals surface area contributed by atoms with Crippen LogP contribution in [0.2, 0.25) is 0 Å². The minimum atomic E-state index is -0.658. The van der Waals surface area contributed by atoms with Crippen LogP contribution in [0.3, 0.4) is 0 Å². The van der Waals surface area contributed by atoms with Crippen LogP contribution in [0.25, 0.3) is 0 Å². The number of nitrogens with one attached hydrogen (secondary N) is 2. The van der Waals surface area contributed by atoms with Crippen molar-refractivity contribution in [2.75, 3.05) is 24.9 Å². The van der Waals surface area contributed by atoms with Crippen LogP contribution >= 0.6 is 11.6 Å². The third-order valence-corrected chi connectivity index (χ3v) is 3.91. The number of methoxy groups -OCH3 is 2. The molecule has 0 atom stereocenters. The Labute approximate surface area is 161 Å². The van der Waals surface area contributed by atoms with E-state index in [4.69, 9.17) is 21.1 Å². The molecule has 0 amide bonds. The Morgan fingerprint density at radius 2 is 1.74 bits per heavy atom. The summed E-state index contributed by atoms with van der Waals surface area (Å²) in [5.41, 5.74) is 1.58. The Morgan fingerprint density at radius 3 is 2.41 bits per heavy atom. The Balaban J connectivity index is 1.91. The van der Waals surface area contributed by atoms with Gasteiger partial charge in [-0.15, -0.1) is 0 Å². The van der Waals surface area contributed by atoms with E-state index < -0.39 is 5.24 Å². The Bertz CT molecular complexity index is 948. The molecule has 0 saturated heterocycles. The van der Waals surface area contributed by atoms with Crippen LogP contribution in [0.4, 0.5) is 23.1 Å². The summed E-state index contributed by atoms with van der Waals surface area (Å²) >= 11 is 5.66. The molecule has 0 saturated carbocycles. The maximum absolute atomic E-state index is 11.7. The lowest BCUT2D eigenvalue weighted by Crippen LogP contribution is -2.06. The zero-order valence-corrected chi connectivity index (χ0v) is 15.4. The molecule has 0 radical (unpaired) electrons. The molecular formula is C19H17ClN4O3. The minimum absolute atomic E-state index is 0.165. The van der Waals surface area contributed by atoms with E-state index in [9.17, 15) is 4.79 Å². The second-order valence-corrected chi connectivity index (χ2v) is 5.75. The second kappa shape index (κ2) is 8.37. The number of carbonyl (C=O) groups is 1. The zero-order valence-electron chi connectivity index (χ0n) is 14.7. The van der Waals surface area contributed by atoms with Gasteiger partial charge in [0.05, 0.1) is 25.5 Å². The van der Waals surface area contributed by atoms with Crippen molar-refractivity contribution in [3.63, 3.8) is 0 Å². The predicted octanol–water partition coefficient (Wildman–Crippen LogP) is 4.36. The lowest BCUT2D eigenvalue weighted by molar-refractivity contribution is 0.108. The van der Waals surface area contributed by atoms with Crippen molar-refractivity contribution < 1.29 is 14.3 Å². The van der Waals surface area contributed by atoms with E-state index in [0.717, 1.165) is 11.4 Å². The molecule has 0 bridgehead atoms. The lowest BCUT2D eigenvalue weighted by atomic mass is 10.2. The van der Waals surface area contributed by atoms with Crippen LogP contribution in [0, 0.1) is 0 Å². The molecule has 3 aromatic rings. The first-order valence-electron chi connectivity index (χ1n) is 7.98. The highest BCUT2D eigenvalue weighted by Crippen LogP contribution is 2.28. The van der Waals surface area contributed by atoms with E-state index >= 15 is 0 Å². The number of aromatic nitrogens is 2. The molecule has 0 aliphatic rings. The second-order valence-electron chi connectivity index (χ2n) is 5.41. The van der Waals surface area contributed by atoms with E-state index in [1.54, 1.807) is 38.5 Å². The molecule has 0 unspecified atom stereocenters. The number of ether oxygens (including phenoxy) is 2. The molecule has 2 N–H and O–H groups in total. The fourth-order valence-electron chi connectivity index (χ4n) is 2.36. The average Bonchev–Trinajstić information content (AvgIpc) is 2.69. The highest BCUT2D eigenvalue weighted by Gasteiger charge is 2.14. The van der Waals surface area contributed by atoms with Crippen molar-refractivity contribution in [2.24, 2.45) is 0 Å². The molecule has 1 heterocycles. The predicted molar refractivity (Wildman–Crippen MR) is 105 cm³/mol. The van der Waals surface area contributed by atoms with Gasteiger partial charge in [-0.3, -0.25) is 4.79 Å². The van der Waals surface area contributed by atoms with Crippen molar-refractivity contribution in [3.05, 3.63) is 60.3 Å². The summed E-state index contributed by atoms with van der Waals surface area (Å²) in [6.45, 7) is 0. The van der Waals surface area contributed by atoms with Gasteiger partial charge in [-0.25, -0.2) is 4.98 Å². The van der Waals surface area contributed by atoms with Gasteiger partial charge in [0.2, 0.25) is 5.95 Å². The molecule has 27 heavy (non-hydrogen) atoms. The van der Waals surface area contributed by atoms with Crippen LogP contribution in [-0.2, 0) is 0 Å². The highest BCUT2D eigenvalue weighted by atomic mass is 35.5. The van der Waals surface area contributed by atoms with Gasteiger partial charge in [0.15, 0.2) is 0 Å². The first kappa shape index (κ1) is 18.5. The van der Waals surface area contributed by atoms with Gasteiger partial charge in [0.25, 0.3) is 5.24 Å². The summed E-state index contributed by atoms with van der Waals surface area (Å²) in [6, 6.07) is 14.6. The molecule has 0 spiro atoms. The van der Waals surface area contributed by atoms with E-state index in [1.165, 1.54) is 6.20 Å². The van der Waals surface area contributed by atoms with Crippen LogP contribution < -0.4 is 20.1 Å². The third-order valence-electron chi connectivity index (χ3n) is 3.71. The van der Waals surface area contributed by atoms with E-state index in [1.807, 2.05) is 24.3 Å². The summed E-state index contributed by atoms with van der Waals surface area (Å²) in [5, 5.41) is 5.49. The van der Waals surface area contributed by atoms with Gasteiger partial charge in [0.1, 0.15) is 17.3 Å². The summed E-state index contributed by atoms with van der Waals surface area (Å²) in [4.78, 5) is 20.2. The highest BCUT2D eigenvalue weighted by molar-refractivity contribution is 6.68. The molecule has 3 rings (SSSR count). The van der Waals surface area contributed by atoms with Crippen molar-refractivity contribution in [1.82, 2.24) is 9.97 Å². The average molecular weight is 385 g/mol. The number of nitrogens with zero attached hydrogens (tertiary/aromatic N) is 2. The van der Waals surface area contributed by atoms with E-state index in [-0.39, 0.29) is 17.3 Å². The molecular weight excluding hydrogens is 368 g/mol. The number of hydrogen-bond acceptors (Lipinski definition) is 7. The van der Waals surface area contributed by atoms with Crippen molar-refractivity contribution in [3.8, 4) is 11.5 Å². The molecule has 0 aliphatic heterocycles. The summed E-state index contributed by atoms with van der Waals surface area (Å²) in [6.07, 6.45) is 1.37. The van der Waals surface area contributed by atoms with Crippen LogP contribution in [0.1, 0.15) is 10.4 Å². The number of halogens is 1. The Hall–Kier alpha value is -3.32. The SMILES string of the molecule is COc1ccc(Nc2nc(Nc3ccccc3OC)ncc2C(=O)Cl)cc1. The molecule has 0 aliphatic carbocycles. The Kier molecular flexibility index (Phi) is 5.73. The maximum atomic E-state index is 11.7. The standard InChI is InChI=1S/C19H17ClN4O3/c1-26-13-9-7-12(8-10-13)22-18-14(17(20)25)11-21-19(24-18)23-15-5-3-4-6-16(15)27-2/h3-11H,1-2H3,(H2,21,22,23,24). The topological polar surface area (TPSA) is 85.4 Å². The Morgan fingerprint density at radius 1 is 1.00 bits per heavy atom. The van der Waals surface area contributed by atoms with Crippen LogP contribution in [0.5, 0.6) is 11.5 Å². The number of para-hydroxylation sites is 2. The summed E-state index contributed by atoms with van der Waals surface area (Å²) in [5.74, 6) is 1.93. The quantitative estimate of drug-likeness (QED) is 0.585. The van der Waals surface area contributed by atoms with Gasteiger partial charge in [-0.2, -0.15) is 4.98 Å². The largest absolute Gasteiger partial charge is 0.497 e. The summed E-state index contributed by atoms with van der Waals surface area (Å²) < 4.78 is 10.4. The molecule has 138 valence electrons. The fourth-order valence-corrected chi connectivity index (χ4v) is 2.50. The van der Waals surface area contributed by atoms with Gasteiger partial charge in [0, 0.05) is 11.9 Å². The van der Waals surface area contributed by atoms with Gasteiger partial charge in [-0.1, -0.05) is 12.1 Å². The fraction of sp³-hybridized carbons (Fsp3) is 0.105. The smallest absolute Gasteiger partial charge is 0.257 e. The molecule has 7 nitrogen and oxygen atoms in total. The maximum Gasteiger partial charge on any atom is 0.257 e. The van der Waals surface area contributed by atoms with Crippen LogP contribution in [0.15, 0.2) is 54.7 Å². The van der Waals surface area contributed by atoms with Crippen LogP contribution in [-0.4, -0.2) is 29.4 Å². The number of benzene rings is 2. The number of hydrogen-bond donors (Lipinski definition) is 2.